The highest BCUT2D eigenvalue weighted by Gasteiger charge is 2.31. The topological polar surface area (TPSA) is 57.6 Å². The van der Waals surface area contributed by atoms with Crippen molar-refractivity contribution in [3.63, 3.8) is 0 Å². The highest BCUT2D eigenvalue weighted by molar-refractivity contribution is 7.90. The van der Waals surface area contributed by atoms with E-state index in [4.69, 9.17) is 5.11 Å². The van der Waals surface area contributed by atoms with Crippen LogP contribution in [0.1, 0.15) is 0 Å². The van der Waals surface area contributed by atoms with Gasteiger partial charge >= 0.3 is 0 Å². The zero-order chi connectivity index (χ0) is 6.20. The molecule has 0 saturated carbocycles. The van der Waals surface area contributed by atoms with E-state index in [9.17, 15) is 8.42 Å². The molecule has 1 fully saturated rings. The standard InChI is InChI=1S/C3H7NO3S/c5-3-4-1-2-8(4,6)7/h5H,1-3H2. The molecule has 0 unspecified atom stereocenters. The number of hydrogen-bond donors (Lipinski definition) is 1. The van der Waals surface area contributed by atoms with Gasteiger partial charge in [-0.3, -0.25) is 0 Å². The molecule has 0 aromatic rings. The second-order valence-corrected chi connectivity index (χ2v) is 3.72. The van der Waals surface area contributed by atoms with Crippen molar-refractivity contribution in [2.45, 2.75) is 0 Å². The van der Waals surface area contributed by atoms with Gasteiger partial charge in [0.05, 0.1) is 5.75 Å². The van der Waals surface area contributed by atoms with Crippen LogP contribution < -0.4 is 0 Å². The fourth-order valence-corrected chi connectivity index (χ4v) is 1.44. The minimum atomic E-state index is -2.99. The van der Waals surface area contributed by atoms with Crippen molar-refractivity contribution >= 4 is 10.0 Å². The highest BCUT2D eigenvalue weighted by atomic mass is 32.2. The van der Waals surface area contributed by atoms with Crippen molar-refractivity contribution in [3.8, 4) is 0 Å². The minimum Gasteiger partial charge on any atom is -0.380 e. The highest BCUT2D eigenvalue weighted by Crippen LogP contribution is 2.09. The first kappa shape index (κ1) is 6.00. The van der Waals surface area contributed by atoms with E-state index in [1.165, 1.54) is 0 Å². The van der Waals surface area contributed by atoms with E-state index in [-0.39, 0.29) is 12.5 Å². The Balaban J connectivity index is 2.64. The molecule has 1 N–H and O–H groups in total. The van der Waals surface area contributed by atoms with Crippen molar-refractivity contribution < 1.29 is 13.5 Å². The fraction of sp³-hybridized carbons (Fsp3) is 1.00. The predicted octanol–water partition coefficient (Wildman–Crippen LogP) is -1.42. The molecule has 0 amide bonds. The molecule has 1 saturated heterocycles. The van der Waals surface area contributed by atoms with Crippen LogP contribution in [0.5, 0.6) is 0 Å². The van der Waals surface area contributed by atoms with E-state index in [2.05, 4.69) is 0 Å². The molecular formula is C3H7NO3S. The van der Waals surface area contributed by atoms with E-state index in [1.54, 1.807) is 0 Å². The summed E-state index contributed by atoms with van der Waals surface area (Å²) in [5.74, 6) is 0.188. The van der Waals surface area contributed by atoms with Gasteiger partial charge in [-0.2, -0.15) is 4.31 Å². The molecule has 1 aliphatic heterocycles. The van der Waals surface area contributed by atoms with Gasteiger partial charge in [0.2, 0.25) is 10.0 Å². The maximum absolute atomic E-state index is 10.4. The lowest BCUT2D eigenvalue weighted by molar-refractivity contribution is 0.169. The van der Waals surface area contributed by atoms with Crippen LogP contribution in [-0.4, -0.2) is 36.9 Å². The molecule has 4 nitrogen and oxygen atoms in total. The largest absolute Gasteiger partial charge is 0.380 e. The van der Waals surface area contributed by atoms with Crippen LogP contribution in [0.15, 0.2) is 0 Å². The lowest BCUT2D eigenvalue weighted by Gasteiger charge is -2.27. The Morgan fingerprint density at radius 3 is 2.25 bits per heavy atom. The molecule has 0 aromatic carbocycles. The Labute approximate surface area is 47.8 Å². The number of nitrogens with zero attached hydrogens (tertiary/aromatic N) is 1. The van der Waals surface area contributed by atoms with Crippen molar-refractivity contribution in [3.05, 3.63) is 0 Å². The van der Waals surface area contributed by atoms with Gasteiger partial charge in [0.15, 0.2) is 0 Å². The summed E-state index contributed by atoms with van der Waals surface area (Å²) in [5, 5.41) is 8.27. The quantitative estimate of drug-likeness (QED) is 0.482. The van der Waals surface area contributed by atoms with Crippen LogP contribution in [0.4, 0.5) is 0 Å². The summed E-state index contributed by atoms with van der Waals surface area (Å²) in [6, 6.07) is 0. The fourth-order valence-electron chi connectivity index (χ4n) is 0.528. The van der Waals surface area contributed by atoms with Gasteiger partial charge in [0, 0.05) is 6.54 Å². The summed E-state index contributed by atoms with van der Waals surface area (Å²) < 4.78 is 21.9. The first-order chi connectivity index (χ1) is 3.67. The van der Waals surface area contributed by atoms with Crippen LogP contribution >= 0.6 is 0 Å². The third-order valence-electron chi connectivity index (χ3n) is 1.15. The van der Waals surface area contributed by atoms with Gasteiger partial charge in [0.1, 0.15) is 6.73 Å². The molecule has 1 heterocycles. The van der Waals surface area contributed by atoms with Crippen LogP contribution in [0.2, 0.25) is 0 Å². The van der Waals surface area contributed by atoms with E-state index in [1.807, 2.05) is 0 Å². The second-order valence-electron chi connectivity index (χ2n) is 1.63. The molecule has 0 spiro atoms. The van der Waals surface area contributed by atoms with Gasteiger partial charge in [-0.1, -0.05) is 0 Å². The van der Waals surface area contributed by atoms with Crippen molar-refractivity contribution in [2.24, 2.45) is 0 Å². The molecule has 8 heavy (non-hydrogen) atoms. The Bertz CT molecular complexity index is 171. The molecule has 0 aromatic heterocycles. The lowest BCUT2D eigenvalue weighted by Crippen LogP contribution is -2.47. The van der Waals surface area contributed by atoms with Crippen LogP contribution in [0.25, 0.3) is 0 Å². The maximum Gasteiger partial charge on any atom is 0.217 e. The van der Waals surface area contributed by atoms with E-state index in [0.29, 0.717) is 6.54 Å². The third kappa shape index (κ3) is 0.724. The summed E-state index contributed by atoms with van der Waals surface area (Å²) in [7, 11) is -2.99. The molecular weight excluding hydrogens is 130 g/mol. The first-order valence-corrected chi connectivity index (χ1v) is 3.86. The van der Waals surface area contributed by atoms with Crippen molar-refractivity contribution in [1.82, 2.24) is 4.31 Å². The summed E-state index contributed by atoms with van der Waals surface area (Å²) in [5.41, 5.74) is 0. The third-order valence-corrected chi connectivity index (χ3v) is 2.93. The number of rotatable bonds is 1. The number of sulfonamides is 1. The van der Waals surface area contributed by atoms with E-state index >= 15 is 0 Å². The monoisotopic (exact) mass is 137 g/mol. The average Bonchev–Trinajstić information content (AvgIpc) is 1.66. The molecule has 48 valence electrons. The lowest BCUT2D eigenvalue weighted by atomic mass is 10.7. The maximum atomic E-state index is 10.4. The van der Waals surface area contributed by atoms with E-state index < -0.39 is 10.0 Å². The number of aliphatic hydroxyl groups is 1. The summed E-state index contributed by atoms with van der Waals surface area (Å²) in [4.78, 5) is 0. The van der Waals surface area contributed by atoms with Crippen molar-refractivity contribution in [2.75, 3.05) is 19.0 Å². The number of hydrogen-bond acceptors (Lipinski definition) is 3. The first-order valence-electron chi connectivity index (χ1n) is 2.25. The van der Waals surface area contributed by atoms with Gasteiger partial charge < -0.3 is 5.11 Å². The van der Waals surface area contributed by atoms with Crippen LogP contribution in [-0.2, 0) is 10.0 Å². The molecule has 0 aliphatic carbocycles. The zero-order valence-corrected chi connectivity index (χ0v) is 5.06. The molecule has 0 radical (unpaired) electrons. The van der Waals surface area contributed by atoms with Crippen LogP contribution in [0.3, 0.4) is 0 Å². The van der Waals surface area contributed by atoms with Gasteiger partial charge in [-0.15, -0.1) is 0 Å². The van der Waals surface area contributed by atoms with E-state index in [0.717, 1.165) is 4.31 Å². The predicted molar refractivity (Wildman–Crippen MR) is 27.6 cm³/mol. The summed E-state index contributed by atoms with van der Waals surface area (Å²) >= 11 is 0. The van der Waals surface area contributed by atoms with Crippen LogP contribution in [0, 0.1) is 0 Å². The molecule has 1 rings (SSSR count). The summed E-state index contributed by atoms with van der Waals surface area (Å²) in [6.07, 6.45) is 0. The van der Waals surface area contributed by atoms with Gasteiger partial charge in [0.25, 0.3) is 0 Å². The Hall–Kier alpha value is -0.130. The Kier molecular flexibility index (Phi) is 1.26. The Morgan fingerprint density at radius 2 is 2.25 bits per heavy atom. The average molecular weight is 137 g/mol. The molecule has 5 heteroatoms. The zero-order valence-electron chi connectivity index (χ0n) is 4.24. The molecule has 0 bridgehead atoms. The van der Waals surface area contributed by atoms with Gasteiger partial charge in [-0.25, -0.2) is 8.42 Å². The normalized spacial score (nSPS) is 27.1. The minimum absolute atomic E-state index is 0.188. The SMILES string of the molecule is O=S1(=O)CCN1CO. The second kappa shape index (κ2) is 1.68. The van der Waals surface area contributed by atoms with Crippen molar-refractivity contribution in [1.29, 1.82) is 0 Å². The molecule has 0 atom stereocenters. The van der Waals surface area contributed by atoms with Gasteiger partial charge in [-0.05, 0) is 0 Å². The Morgan fingerprint density at radius 1 is 1.62 bits per heavy atom. The molecule has 1 aliphatic rings. The smallest absolute Gasteiger partial charge is 0.217 e. The summed E-state index contributed by atoms with van der Waals surface area (Å²) in [6.45, 7) is 0.0984. The number of aliphatic hydroxyl groups excluding tert-OH is 1.